The molecule has 0 fully saturated rings. The van der Waals surface area contributed by atoms with E-state index in [1.54, 1.807) is 11.3 Å². The van der Waals surface area contributed by atoms with Gasteiger partial charge in [0, 0.05) is 11.3 Å². The van der Waals surface area contributed by atoms with Crippen LogP contribution in [0.3, 0.4) is 0 Å². The Morgan fingerprint density at radius 1 is 1.27 bits per heavy atom. The highest BCUT2D eigenvalue weighted by atomic mass is 35.5. The lowest BCUT2D eigenvalue weighted by Crippen LogP contribution is -1.94. The molecule has 0 radical (unpaired) electrons. The third-order valence-electron chi connectivity index (χ3n) is 2.50. The Morgan fingerprint density at radius 3 is 2.67 bits per heavy atom. The van der Waals surface area contributed by atoms with E-state index in [-0.39, 0.29) is 0 Å². The number of nitrogens with zero attached hydrogens (tertiary/aromatic N) is 2. The smallest absolute Gasteiger partial charge is 0.141 e. The first-order valence-corrected chi connectivity index (χ1v) is 6.25. The van der Waals surface area contributed by atoms with Crippen LogP contribution >= 0.6 is 22.9 Å². The van der Waals surface area contributed by atoms with Gasteiger partial charge >= 0.3 is 0 Å². The second-order valence-corrected chi connectivity index (χ2v) is 5.21. The highest BCUT2D eigenvalue weighted by molar-refractivity contribution is 7.18. The second kappa shape index (κ2) is 4.06. The molecule has 0 aliphatic heterocycles. The SMILES string of the molecule is CCCc1nc(Cl)c2c(C)c(C)sc2n1. The van der Waals surface area contributed by atoms with Gasteiger partial charge in [0.1, 0.15) is 15.8 Å². The fourth-order valence-electron chi connectivity index (χ4n) is 1.58. The van der Waals surface area contributed by atoms with Crippen molar-refractivity contribution >= 4 is 33.2 Å². The Bertz CT molecular complexity index is 505. The van der Waals surface area contributed by atoms with E-state index < -0.39 is 0 Å². The predicted octanol–water partition coefficient (Wildman–Crippen LogP) is 3.91. The van der Waals surface area contributed by atoms with Crippen LogP contribution in [0.15, 0.2) is 0 Å². The molecule has 2 rings (SSSR count). The summed E-state index contributed by atoms with van der Waals surface area (Å²) in [5.41, 5.74) is 1.21. The molecule has 2 heterocycles. The van der Waals surface area contributed by atoms with Gasteiger partial charge in [-0.3, -0.25) is 0 Å². The number of halogens is 1. The molecule has 0 amide bonds. The number of hydrogen-bond donors (Lipinski definition) is 0. The average molecular weight is 241 g/mol. The van der Waals surface area contributed by atoms with Gasteiger partial charge in [-0.05, 0) is 25.8 Å². The normalized spacial score (nSPS) is 11.2. The lowest BCUT2D eigenvalue weighted by Gasteiger charge is -2.00. The second-order valence-electron chi connectivity index (χ2n) is 3.64. The summed E-state index contributed by atoms with van der Waals surface area (Å²) in [7, 11) is 0. The number of hydrogen-bond acceptors (Lipinski definition) is 3. The molecule has 0 aliphatic carbocycles. The maximum absolute atomic E-state index is 6.17. The molecule has 0 saturated heterocycles. The van der Waals surface area contributed by atoms with Gasteiger partial charge in [-0.15, -0.1) is 11.3 Å². The summed E-state index contributed by atoms with van der Waals surface area (Å²) in [6.07, 6.45) is 1.94. The summed E-state index contributed by atoms with van der Waals surface area (Å²) in [5, 5.41) is 1.63. The van der Waals surface area contributed by atoms with Gasteiger partial charge in [0.25, 0.3) is 0 Å². The minimum Gasteiger partial charge on any atom is -0.222 e. The molecule has 2 aromatic heterocycles. The molecule has 4 heteroatoms. The Kier molecular flexibility index (Phi) is 2.94. The van der Waals surface area contributed by atoms with E-state index in [2.05, 4.69) is 30.7 Å². The third kappa shape index (κ3) is 1.86. The molecule has 0 saturated carbocycles. The molecule has 0 spiro atoms. The van der Waals surface area contributed by atoms with E-state index in [0.29, 0.717) is 5.15 Å². The summed E-state index contributed by atoms with van der Waals surface area (Å²) >= 11 is 7.87. The van der Waals surface area contributed by atoms with Crippen LogP contribution in [-0.4, -0.2) is 9.97 Å². The standard InChI is InChI=1S/C11H13ClN2S/c1-4-5-8-13-10(12)9-6(2)7(3)15-11(9)14-8/h4-5H2,1-3H3. The molecule has 2 aromatic rings. The number of rotatable bonds is 2. The molecule has 0 atom stereocenters. The van der Waals surface area contributed by atoms with Crippen LogP contribution in [0.2, 0.25) is 5.15 Å². The summed E-state index contributed by atoms with van der Waals surface area (Å²) in [6, 6.07) is 0. The fourth-order valence-corrected chi connectivity index (χ4v) is 3.01. The van der Waals surface area contributed by atoms with Crippen molar-refractivity contribution < 1.29 is 0 Å². The largest absolute Gasteiger partial charge is 0.222 e. The van der Waals surface area contributed by atoms with Crippen molar-refractivity contribution in [2.45, 2.75) is 33.6 Å². The van der Waals surface area contributed by atoms with Crippen LogP contribution < -0.4 is 0 Å². The maximum atomic E-state index is 6.17. The van der Waals surface area contributed by atoms with E-state index in [9.17, 15) is 0 Å². The fraction of sp³-hybridized carbons (Fsp3) is 0.455. The molecule has 0 aliphatic rings. The van der Waals surface area contributed by atoms with Crippen molar-refractivity contribution in [1.29, 1.82) is 0 Å². The van der Waals surface area contributed by atoms with E-state index in [4.69, 9.17) is 11.6 Å². The van der Waals surface area contributed by atoms with Gasteiger partial charge in [-0.2, -0.15) is 0 Å². The van der Waals surface area contributed by atoms with Crippen LogP contribution in [0.1, 0.15) is 29.6 Å². The molecule has 15 heavy (non-hydrogen) atoms. The zero-order valence-corrected chi connectivity index (χ0v) is 10.7. The van der Waals surface area contributed by atoms with Crippen molar-refractivity contribution in [3.63, 3.8) is 0 Å². The predicted molar refractivity (Wildman–Crippen MR) is 65.9 cm³/mol. The highest BCUT2D eigenvalue weighted by Gasteiger charge is 2.12. The molecule has 2 nitrogen and oxygen atoms in total. The Labute approximate surface area is 98.3 Å². The lowest BCUT2D eigenvalue weighted by atomic mass is 10.2. The van der Waals surface area contributed by atoms with Crippen molar-refractivity contribution in [1.82, 2.24) is 9.97 Å². The van der Waals surface area contributed by atoms with Crippen LogP contribution in [0, 0.1) is 13.8 Å². The highest BCUT2D eigenvalue weighted by Crippen LogP contribution is 2.32. The number of fused-ring (bicyclic) bond motifs is 1. The first-order chi connectivity index (χ1) is 7.13. The maximum Gasteiger partial charge on any atom is 0.141 e. The first kappa shape index (κ1) is 10.8. The Hall–Kier alpha value is -0.670. The molecular weight excluding hydrogens is 228 g/mol. The number of aromatic nitrogens is 2. The summed E-state index contributed by atoms with van der Waals surface area (Å²) in [5.74, 6) is 0.858. The van der Waals surface area contributed by atoms with Crippen molar-refractivity contribution in [3.8, 4) is 0 Å². The van der Waals surface area contributed by atoms with Crippen LogP contribution in [0.25, 0.3) is 10.2 Å². The number of aryl methyl sites for hydroxylation is 3. The zero-order chi connectivity index (χ0) is 11.0. The molecule has 0 bridgehead atoms. The molecule has 80 valence electrons. The van der Waals surface area contributed by atoms with Gasteiger partial charge in [-0.1, -0.05) is 18.5 Å². The van der Waals surface area contributed by atoms with Gasteiger partial charge in [0.2, 0.25) is 0 Å². The van der Waals surface area contributed by atoms with Gasteiger partial charge in [0.05, 0.1) is 5.39 Å². The molecule has 0 N–H and O–H groups in total. The van der Waals surface area contributed by atoms with E-state index in [0.717, 1.165) is 28.9 Å². The van der Waals surface area contributed by atoms with Crippen molar-refractivity contribution in [2.24, 2.45) is 0 Å². The van der Waals surface area contributed by atoms with Gasteiger partial charge in [0.15, 0.2) is 0 Å². The monoisotopic (exact) mass is 240 g/mol. The minimum atomic E-state index is 0.602. The Balaban J connectivity index is 2.67. The van der Waals surface area contributed by atoms with Crippen LogP contribution in [0.4, 0.5) is 0 Å². The van der Waals surface area contributed by atoms with Crippen molar-refractivity contribution in [3.05, 3.63) is 21.4 Å². The van der Waals surface area contributed by atoms with Crippen molar-refractivity contribution in [2.75, 3.05) is 0 Å². The molecule has 0 unspecified atom stereocenters. The topological polar surface area (TPSA) is 25.8 Å². The molecular formula is C11H13ClN2S. The third-order valence-corrected chi connectivity index (χ3v) is 3.88. The van der Waals surface area contributed by atoms with Crippen LogP contribution in [-0.2, 0) is 6.42 Å². The van der Waals surface area contributed by atoms with E-state index in [1.165, 1.54) is 10.4 Å². The lowest BCUT2D eigenvalue weighted by molar-refractivity contribution is 0.846. The van der Waals surface area contributed by atoms with Gasteiger partial charge < -0.3 is 0 Å². The van der Waals surface area contributed by atoms with Crippen LogP contribution in [0.5, 0.6) is 0 Å². The minimum absolute atomic E-state index is 0.602. The van der Waals surface area contributed by atoms with Gasteiger partial charge in [-0.25, -0.2) is 9.97 Å². The average Bonchev–Trinajstić information content (AvgIpc) is 2.43. The van der Waals surface area contributed by atoms with E-state index >= 15 is 0 Å². The first-order valence-electron chi connectivity index (χ1n) is 5.05. The zero-order valence-electron chi connectivity index (χ0n) is 9.09. The van der Waals surface area contributed by atoms with E-state index in [1.807, 2.05) is 0 Å². The summed E-state index contributed by atoms with van der Waals surface area (Å²) in [6.45, 7) is 6.28. The molecule has 0 aromatic carbocycles. The number of thiophene rings is 1. The summed E-state index contributed by atoms with van der Waals surface area (Å²) < 4.78 is 0. The summed E-state index contributed by atoms with van der Waals surface area (Å²) in [4.78, 5) is 11.2. The Morgan fingerprint density at radius 2 is 2.00 bits per heavy atom. The quantitative estimate of drug-likeness (QED) is 0.744.